The molecule has 1 saturated heterocycles. The molecule has 1 heterocycles. The second-order valence-corrected chi connectivity index (χ2v) is 7.07. The number of anilines is 2. The molecule has 0 saturated carbocycles. The van der Waals surface area contributed by atoms with Crippen molar-refractivity contribution in [2.45, 2.75) is 39.3 Å². The molecule has 0 aromatic heterocycles. The average molecular weight is 404 g/mol. The van der Waals surface area contributed by atoms with E-state index in [1.165, 1.54) is 18.2 Å². The van der Waals surface area contributed by atoms with E-state index in [2.05, 4.69) is 5.32 Å². The van der Waals surface area contributed by atoms with Gasteiger partial charge >= 0.3 is 6.18 Å². The number of hydrogen-bond donors (Lipinski definition) is 1. The molecule has 2 aromatic carbocycles. The molecule has 154 valence electrons. The predicted octanol–water partition coefficient (Wildman–Crippen LogP) is 4.82. The Hall–Kier alpha value is -2.83. The molecule has 0 bridgehead atoms. The van der Waals surface area contributed by atoms with Gasteiger partial charge in [-0.25, -0.2) is 0 Å². The number of aryl methyl sites for hydroxylation is 2. The van der Waals surface area contributed by atoms with Crippen LogP contribution in [-0.2, 0) is 28.6 Å². The van der Waals surface area contributed by atoms with Gasteiger partial charge < -0.3 is 10.2 Å². The van der Waals surface area contributed by atoms with E-state index in [1.807, 2.05) is 32.0 Å². The van der Waals surface area contributed by atoms with E-state index >= 15 is 0 Å². The number of rotatable bonds is 5. The number of halogens is 3. The quantitative estimate of drug-likeness (QED) is 0.777. The summed E-state index contributed by atoms with van der Waals surface area (Å²) in [4.78, 5) is 26.9. The second kappa shape index (κ2) is 8.27. The van der Waals surface area contributed by atoms with Crippen molar-refractivity contribution < 1.29 is 22.8 Å². The number of nitrogens with zero attached hydrogens (tertiary/aromatic N) is 1. The molecule has 2 aromatic rings. The summed E-state index contributed by atoms with van der Waals surface area (Å²) >= 11 is 0. The third-order valence-corrected chi connectivity index (χ3v) is 5.22. The maximum atomic E-state index is 13.2. The molecule has 1 aliphatic rings. The van der Waals surface area contributed by atoms with Crippen LogP contribution in [0.2, 0.25) is 0 Å². The van der Waals surface area contributed by atoms with Crippen LogP contribution in [0.4, 0.5) is 24.5 Å². The summed E-state index contributed by atoms with van der Waals surface area (Å²) in [7, 11) is 0. The summed E-state index contributed by atoms with van der Waals surface area (Å²) in [5.74, 6) is -1.48. The van der Waals surface area contributed by atoms with Crippen LogP contribution in [0, 0.1) is 5.92 Å². The van der Waals surface area contributed by atoms with Crippen LogP contribution in [0.3, 0.4) is 0 Å². The minimum absolute atomic E-state index is 0.0266. The van der Waals surface area contributed by atoms with Crippen molar-refractivity contribution in [1.29, 1.82) is 0 Å². The van der Waals surface area contributed by atoms with Gasteiger partial charge in [-0.15, -0.1) is 0 Å². The molecule has 1 atom stereocenters. The normalized spacial score (nSPS) is 16.9. The first kappa shape index (κ1) is 20.9. The van der Waals surface area contributed by atoms with Crippen molar-refractivity contribution in [3.63, 3.8) is 0 Å². The zero-order valence-electron chi connectivity index (χ0n) is 16.3. The highest BCUT2D eigenvalue weighted by molar-refractivity contribution is 6.04. The molecule has 0 radical (unpaired) electrons. The maximum Gasteiger partial charge on any atom is 0.418 e. The van der Waals surface area contributed by atoms with Crippen LogP contribution in [-0.4, -0.2) is 18.4 Å². The van der Waals surface area contributed by atoms with Crippen molar-refractivity contribution in [2.75, 3.05) is 16.8 Å². The third-order valence-electron chi connectivity index (χ3n) is 5.22. The minimum Gasteiger partial charge on any atom is -0.325 e. The molecule has 29 heavy (non-hydrogen) atoms. The molecule has 0 unspecified atom stereocenters. The highest BCUT2D eigenvalue weighted by Crippen LogP contribution is 2.36. The van der Waals surface area contributed by atoms with Crippen LogP contribution in [0.25, 0.3) is 0 Å². The first-order valence-electron chi connectivity index (χ1n) is 9.64. The Bertz CT molecular complexity index is 902. The lowest BCUT2D eigenvalue weighted by Crippen LogP contribution is -2.30. The Morgan fingerprint density at radius 1 is 1.07 bits per heavy atom. The van der Waals surface area contributed by atoms with Crippen LogP contribution in [0.15, 0.2) is 42.5 Å². The van der Waals surface area contributed by atoms with E-state index in [-0.39, 0.29) is 24.6 Å². The van der Waals surface area contributed by atoms with Gasteiger partial charge in [0.05, 0.1) is 17.2 Å². The minimum atomic E-state index is -4.57. The van der Waals surface area contributed by atoms with Gasteiger partial charge in [-0.1, -0.05) is 44.2 Å². The summed E-state index contributed by atoms with van der Waals surface area (Å²) < 4.78 is 39.5. The molecule has 7 heteroatoms. The van der Waals surface area contributed by atoms with Crippen LogP contribution in [0.1, 0.15) is 37.0 Å². The Balaban J connectivity index is 1.83. The summed E-state index contributed by atoms with van der Waals surface area (Å²) in [6, 6.07) is 10.7. The molecule has 4 nitrogen and oxygen atoms in total. The molecule has 2 amide bonds. The fourth-order valence-corrected chi connectivity index (χ4v) is 3.74. The number of carbonyl (C=O) groups is 2. The van der Waals surface area contributed by atoms with Crippen molar-refractivity contribution in [1.82, 2.24) is 0 Å². The van der Waals surface area contributed by atoms with Crippen LogP contribution < -0.4 is 10.2 Å². The molecule has 3 rings (SSSR count). The highest BCUT2D eigenvalue weighted by Gasteiger charge is 2.38. The Morgan fingerprint density at radius 3 is 2.28 bits per heavy atom. The summed E-state index contributed by atoms with van der Waals surface area (Å²) in [5, 5.41) is 2.37. The number of benzene rings is 2. The SMILES string of the molecule is CCc1cccc(CC)c1N1C[C@H](C(=O)Nc2ccccc2C(F)(F)F)CC1=O. The van der Waals surface area contributed by atoms with Gasteiger partial charge in [0.1, 0.15) is 0 Å². The fourth-order valence-electron chi connectivity index (χ4n) is 3.74. The van der Waals surface area contributed by atoms with Gasteiger partial charge in [0.15, 0.2) is 0 Å². The first-order chi connectivity index (χ1) is 13.8. The lowest BCUT2D eigenvalue weighted by atomic mass is 10.0. The monoisotopic (exact) mass is 404 g/mol. The topological polar surface area (TPSA) is 49.4 Å². The summed E-state index contributed by atoms with van der Waals surface area (Å²) in [6.07, 6.45) is -3.12. The number of alkyl halides is 3. The predicted molar refractivity (Wildman–Crippen MR) is 106 cm³/mol. The molecular weight excluding hydrogens is 381 g/mol. The number of carbonyl (C=O) groups excluding carboxylic acids is 2. The number of amides is 2. The lowest BCUT2D eigenvalue weighted by Gasteiger charge is -2.23. The van der Waals surface area contributed by atoms with Crippen molar-refractivity contribution in [3.8, 4) is 0 Å². The van der Waals surface area contributed by atoms with Gasteiger partial charge in [0, 0.05) is 18.7 Å². The van der Waals surface area contributed by atoms with E-state index in [1.54, 1.807) is 4.90 Å². The highest BCUT2D eigenvalue weighted by atomic mass is 19.4. The van der Waals surface area contributed by atoms with E-state index in [0.29, 0.717) is 0 Å². The van der Waals surface area contributed by atoms with Crippen LogP contribution in [0.5, 0.6) is 0 Å². The van der Waals surface area contributed by atoms with E-state index < -0.39 is 23.6 Å². The lowest BCUT2D eigenvalue weighted by molar-refractivity contribution is -0.137. The second-order valence-electron chi connectivity index (χ2n) is 7.07. The first-order valence-corrected chi connectivity index (χ1v) is 9.64. The van der Waals surface area contributed by atoms with Crippen LogP contribution >= 0.6 is 0 Å². The fraction of sp³-hybridized carbons (Fsp3) is 0.364. The van der Waals surface area contributed by atoms with E-state index in [4.69, 9.17) is 0 Å². The summed E-state index contributed by atoms with van der Waals surface area (Å²) in [6.45, 7) is 4.15. The number of para-hydroxylation sites is 2. The zero-order valence-corrected chi connectivity index (χ0v) is 16.3. The molecule has 0 spiro atoms. The maximum absolute atomic E-state index is 13.2. The molecule has 1 N–H and O–H groups in total. The molecule has 1 fully saturated rings. The Morgan fingerprint density at radius 2 is 1.69 bits per heavy atom. The third kappa shape index (κ3) is 4.28. The van der Waals surface area contributed by atoms with Gasteiger partial charge in [-0.2, -0.15) is 13.2 Å². The summed E-state index contributed by atoms with van der Waals surface area (Å²) in [5.41, 5.74) is 1.66. The average Bonchev–Trinajstić information content (AvgIpc) is 3.08. The van der Waals surface area contributed by atoms with Gasteiger partial charge in [-0.05, 0) is 36.1 Å². The molecular formula is C22H23F3N2O2. The van der Waals surface area contributed by atoms with Gasteiger partial charge in [0.2, 0.25) is 11.8 Å². The molecule has 0 aliphatic carbocycles. The Kier molecular flexibility index (Phi) is 5.96. The number of nitrogens with one attached hydrogen (secondary N) is 1. The molecule has 1 aliphatic heterocycles. The van der Waals surface area contributed by atoms with Crippen molar-refractivity contribution in [2.24, 2.45) is 5.92 Å². The van der Waals surface area contributed by atoms with E-state index in [0.717, 1.165) is 35.7 Å². The van der Waals surface area contributed by atoms with E-state index in [9.17, 15) is 22.8 Å². The standard InChI is InChI=1S/C22H23F3N2O2/c1-3-14-8-7-9-15(4-2)20(14)27-13-16(12-19(27)28)21(29)26-18-11-6-5-10-17(18)22(23,24)25/h5-11,16H,3-4,12-13H2,1-2H3,(H,26,29)/t16-/m1/s1. The van der Waals surface area contributed by atoms with Gasteiger partial charge in [-0.3, -0.25) is 9.59 Å². The van der Waals surface area contributed by atoms with Gasteiger partial charge in [0.25, 0.3) is 0 Å². The van der Waals surface area contributed by atoms with Crippen molar-refractivity contribution >= 4 is 23.2 Å². The number of hydrogen-bond acceptors (Lipinski definition) is 2. The largest absolute Gasteiger partial charge is 0.418 e. The zero-order chi connectivity index (χ0) is 21.2. The van der Waals surface area contributed by atoms with Crippen molar-refractivity contribution in [3.05, 3.63) is 59.2 Å². The smallest absolute Gasteiger partial charge is 0.325 e. The Labute approximate surface area is 167 Å².